The average Bonchev–Trinajstić information content (AvgIpc) is 2.36. The molecule has 1 saturated carbocycles. The minimum atomic E-state index is -0.335. The molecular formula is C16H24FNO. The molecule has 2 rings (SSSR count). The fourth-order valence-corrected chi connectivity index (χ4v) is 3.11. The molecular weight excluding hydrogens is 241 g/mol. The van der Waals surface area contributed by atoms with Crippen molar-refractivity contribution in [3.05, 3.63) is 29.6 Å². The second-order valence-corrected chi connectivity index (χ2v) is 6.36. The second kappa shape index (κ2) is 5.12. The number of nitrogens with two attached hydrogens (primary N) is 1. The number of ether oxygens (including phenoxy) is 1. The molecule has 1 aromatic carbocycles. The van der Waals surface area contributed by atoms with E-state index in [-0.39, 0.29) is 16.8 Å². The molecule has 0 heterocycles. The van der Waals surface area contributed by atoms with Crippen LogP contribution in [-0.4, -0.2) is 12.6 Å². The van der Waals surface area contributed by atoms with Crippen LogP contribution in [0.15, 0.2) is 18.2 Å². The standard InChI is InChI=1S/C16H24FNO/c1-15(2)9-4-5-10-16(15,18)11-12-7-6-8-13(19-3)14(12)17/h6-8H,4-5,9-11,18H2,1-3H3. The molecule has 1 unspecified atom stereocenters. The van der Waals surface area contributed by atoms with E-state index in [4.69, 9.17) is 10.5 Å². The first-order chi connectivity index (χ1) is 8.89. The minimum Gasteiger partial charge on any atom is -0.494 e. The van der Waals surface area contributed by atoms with Crippen LogP contribution in [0.3, 0.4) is 0 Å². The SMILES string of the molecule is COc1cccc(CC2(N)CCCCC2(C)C)c1F. The predicted octanol–water partition coefficient (Wildman–Crippen LogP) is 3.67. The minimum absolute atomic E-state index is 0.0424. The maximum Gasteiger partial charge on any atom is 0.168 e. The van der Waals surface area contributed by atoms with Crippen molar-refractivity contribution in [1.29, 1.82) is 0 Å². The van der Waals surface area contributed by atoms with E-state index in [1.807, 2.05) is 12.1 Å². The Labute approximate surface area is 115 Å². The Morgan fingerprint density at radius 1 is 1.26 bits per heavy atom. The third-order valence-electron chi connectivity index (χ3n) is 4.79. The summed E-state index contributed by atoms with van der Waals surface area (Å²) in [6.07, 6.45) is 4.98. The number of rotatable bonds is 3. The lowest BCUT2D eigenvalue weighted by Crippen LogP contribution is -2.56. The highest BCUT2D eigenvalue weighted by molar-refractivity contribution is 5.32. The highest BCUT2D eigenvalue weighted by Crippen LogP contribution is 2.44. The van der Waals surface area contributed by atoms with Gasteiger partial charge >= 0.3 is 0 Å². The van der Waals surface area contributed by atoms with Crippen LogP contribution in [0, 0.1) is 11.2 Å². The summed E-state index contributed by atoms with van der Waals surface area (Å²) in [5, 5.41) is 0. The van der Waals surface area contributed by atoms with Crippen molar-refractivity contribution in [2.75, 3.05) is 7.11 Å². The van der Waals surface area contributed by atoms with E-state index in [1.54, 1.807) is 6.07 Å². The van der Waals surface area contributed by atoms with Gasteiger partial charge in [-0.15, -0.1) is 0 Å². The number of halogens is 1. The molecule has 0 radical (unpaired) electrons. The molecule has 19 heavy (non-hydrogen) atoms. The summed E-state index contributed by atoms with van der Waals surface area (Å²) in [4.78, 5) is 0. The van der Waals surface area contributed by atoms with Gasteiger partial charge in [0.15, 0.2) is 11.6 Å². The van der Waals surface area contributed by atoms with Gasteiger partial charge in [-0.1, -0.05) is 38.8 Å². The summed E-state index contributed by atoms with van der Waals surface area (Å²) >= 11 is 0. The Morgan fingerprint density at radius 2 is 1.95 bits per heavy atom. The molecule has 1 aromatic rings. The largest absolute Gasteiger partial charge is 0.494 e. The molecule has 1 aliphatic rings. The molecule has 0 saturated heterocycles. The predicted molar refractivity (Wildman–Crippen MR) is 75.8 cm³/mol. The second-order valence-electron chi connectivity index (χ2n) is 6.36. The molecule has 2 nitrogen and oxygen atoms in total. The van der Waals surface area contributed by atoms with Gasteiger partial charge in [0.2, 0.25) is 0 Å². The van der Waals surface area contributed by atoms with E-state index in [0.29, 0.717) is 17.7 Å². The molecule has 0 spiro atoms. The summed E-state index contributed by atoms with van der Waals surface area (Å²) in [5.74, 6) is 0.0333. The van der Waals surface area contributed by atoms with Gasteiger partial charge in [0.25, 0.3) is 0 Å². The van der Waals surface area contributed by atoms with E-state index in [0.717, 1.165) is 19.3 Å². The van der Waals surface area contributed by atoms with Crippen molar-refractivity contribution in [1.82, 2.24) is 0 Å². The third kappa shape index (κ3) is 2.62. The summed E-state index contributed by atoms with van der Waals surface area (Å²) < 4.78 is 19.3. The first-order valence-electron chi connectivity index (χ1n) is 7.00. The normalized spacial score (nSPS) is 26.2. The zero-order chi connectivity index (χ0) is 14.1. The molecule has 0 aromatic heterocycles. The molecule has 1 aliphatic carbocycles. The number of methoxy groups -OCH3 is 1. The van der Waals surface area contributed by atoms with E-state index >= 15 is 0 Å². The average molecular weight is 265 g/mol. The number of hydrogen-bond acceptors (Lipinski definition) is 2. The van der Waals surface area contributed by atoms with Gasteiger partial charge in [-0.3, -0.25) is 0 Å². The Morgan fingerprint density at radius 3 is 2.58 bits per heavy atom. The van der Waals surface area contributed by atoms with E-state index in [1.165, 1.54) is 13.5 Å². The van der Waals surface area contributed by atoms with Crippen molar-refractivity contribution >= 4 is 0 Å². The van der Waals surface area contributed by atoms with Gasteiger partial charge in [0, 0.05) is 5.54 Å². The van der Waals surface area contributed by atoms with Crippen LogP contribution in [0.2, 0.25) is 0 Å². The maximum absolute atomic E-state index is 14.3. The maximum atomic E-state index is 14.3. The summed E-state index contributed by atoms with van der Waals surface area (Å²) in [6, 6.07) is 5.29. The van der Waals surface area contributed by atoms with E-state index in [2.05, 4.69) is 13.8 Å². The third-order valence-corrected chi connectivity index (χ3v) is 4.79. The van der Waals surface area contributed by atoms with Crippen LogP contribution < -0.4 is 10.5 Å². The van der Waals surface area contributed by atoms with Crippen LogP contribution >= 0.6 is 0 Å². The van der Waals surface area contributed by atoms with Crippen molar-refractivity contribution in [2.45, 2.75) is 51.5 Å². The summed E-state index contributed by atoms with van der Waals surface area (Å²) in [7, 11) is 1.49. The Balaban J connectivity index is 2.29. The van der Waals surface area contributed by atoms with Crippen LogP contribution in [0.25, 0.3) is 0 Å². The van der Waals surface area contributed by atoms with Crippen LogP contribution in [0.4, 0.5) is 4.39 Å². The first-order valence-corrected chi connectivity index (χ1v) is 7.00. The van der Waals surface area contributed by atoms with Crippen molar-refractivity contribution < 1.29 is 9.13 Å². The van der Waals surface area contributed by atoms with Crippen LogP contribution in [0.5, 0.6) is 5.75 Å². The number of benzene rings is 1. The molecule has 106 valence electrons. The lowest BCUT2D eigenvalue weighted by Gasteiger charge is -2.48. The smallest absolute Gasteiger partial charge is 0.168 e. The van der Waals surface area contributed by atoms with Crippen molar-refractivity contribution in [3.63, 3.8) is 0 Å². The number of hydrogen-bond donors (Lipinski definition) is 1. The van der Waals surface area contributed by atoms with Gasteiger partial charge in [-0.05, 0) is 36.3 Å². The van der Waals surface area contributed by atoms with Gasteiger partial charge in [0.1, 0.15) is 0 Å². The fourth-order valence-electron chi connectivity index (χ4n) is 3.11. The van der Waals surface area contributed by atoms with Crippen LogP contribution in [0.1, 0.15) is 45.1 Å². The first kappa shape index (κ1) is 14.3. The quantitative estimate of drug-likeness (QED) is 0.905. The van der Waals surface area contributed by atoms with Crippen LogP contribution in [-0.2, 0) is 6.42 Å². The lowest BCUT2D eigenvalue weighted by atomic mass is 9.61. The lowest BCUT2D eigenvalue weighted by molar-refractivity contribution is 0.0981. The Kier molecular flexibility index (Phi) is 3.86. The molecule has 2 N–H and O–H groups in total. The van der Waals surface area contributed by atoms with Gasteiger partial charge < -0.3 is 10.5 Å². The topological polar surface area (TPSA) is 35.2 Å². The molecule has 3 heteroatoms. The van der Waals surface area contributed by atoms with Gasteiger partial charge in [0.05, 0.1) is 7.11 Å². The van der Waals surface area contributed by atoms with Crippen molar-refractivity contribution in [3.8, 4) is 5.75 Å². The summed E-state index contributed by atoms with van der Waals surface area (Å²) in [5.41, 5.74) is 6.99. The van der Waals surface area contributed by atoms with E-state index in [9.17, 15) is 4.39 Å². The van der Waals surface area contributed by atoms with Gasteiger partial charge in [-0.25, -0.2) is 4.39 Å². The molecule has 0 bridgehead atoms. The molecule has 0 aliphatic heterocycles. The zero-order valence-electron chi connectivity index (χ0n) is 12.1. The molecule has 1 atom stereocenters. The Hall–Kier alpha value is -1.09. The molecule has 1 fully saturated rings. The molecule has 0 amide bonds. The summed E-state index contributed by atoms with van der Waals surface area (Å²) in [6.45, 7) is 4.40. The van der Waals surface area contributed by atoms with E-state index < -0.39 is 0 Å². The monoisotopic (exact) mass is 265 g/mol. The highest BCUT2D eigenvalue weighted by atomic mass is 19.1. The highest BCUT2D eigenvalue weighted by Gasteiger charge is 2.43. The zero-order valence-corrected chi connectivity index (χ0v) is 12.1. The van der Waals surface area contributed by atoms with Crippen molar-refractivity contribution in [2.24, 2.45) is 11.1 Å². The Bertz CT molecular complexity index is 458. The van der Waals surface area contributed by atoms with Gasteiger partial charge in [-0.2, -0.15) is 0 Å². The fraction of sp³-hybridized carbons (Fsp3) is 0.625.